The standard InChI is InChI=1S/C14H24N4O/c1-11(10-19-2)18-8-5-15-14(18)16-13-9-17-6-3-12(13)4-7-17/h5,8,11-13H,3-4,6-7,9-10H2,1-2H3,(H,15,16). The van der Waals surface area contributed by atoms with Crippen LogP contribution in [0.3, 0.4) is 0 Å². The van der Waals surface area contributed by atoms with Crippen molar-refractivity contribution in [1.82, 2.24) is 14.5 Å². The lowest BCUT2D eigenvalue weighted by atomic mass is 9.84. The van der Waals surface area contributed by atoms with E-state index in [0.717, 1.165) is 18.4 Å². The van der Waals surface area contributed by atoms with Crippen LogP contribution in [-0.2, 0) is 4.74 Å². The van der Waals surface area contributed by atoms with E-state index in [4.69, 9.17) is 4.74 Å². The molecular weight excluding hydrogens is 240 g/mol. The Kier molecular flexibility index (Phi) is 3.75. The first-order valence-electron chi connectivity index (χ1n) is 7.28. The quantitative estimate of drug-likeness (QED) is 0.877. The fourth-order valence-electron chi connectivity index (χ4n) is 3.40. The van der Waals surface area contributed by atoms with Crippen molar-refractivity contribution in [2.45, 2.75) is 31.8 Å². The fraction of sp³-hybridized carbons (Fsp3) is 0.786. The van der Waals surface area contributed by atoms with Gasteiger partial charge in [0.15, 0.2) is 0 Å². The highest BCUT2D eigenvalue weighted by atomic mass is 16.5. The third-order valence-electron chi connectivity index (χ3n) is 4.52. The van der Waals surface area contributed by atoms with Crippen LogP contribution in [0, 0.1) is 5.92 Å². The van der Waals surface area contributed by atoms with Crippen molar-refractivity contribution < 1.29 is 4.74 Å². The molecule has 0 amide bonds. The lowest BCUT2D eigenvalue weighted by molar-refractivity contribution is 0.0968. The van der Waals surface area contributed by atoms with Crippen LogP contribution in [0.15, 0.2) is 12.4 Å². The van der Waals surface area contributed by atoms with Crippen molar-refractivity contribution >= 4 is 5.95 Å². The van der Waals surface area contributed by atoms with E-state index < -0.39 is 0 Å². The van der Waals surface area contributed by atoms with Gasteiger partial charge in [0.1, 0.15) is 0 Å². The van der Waals surface area contributed by atoms with Gasteiger partial charge in [-0.3, -0.25) is 0 Å². The lowest BCUT2D eigenvalue weighted by Gasteiger charge is -2.45. The van der Waals surface area contributed by atoms with Crippen molar-refractivity contribution in [2.75, 3.05) is 38.7 Å². The third kappa shape index (κ3) is 2.62. The number of hydrogen-bond acceptors (Lipinski definition) is 4. The van der Waals surface area contributed by atoms with Crippen LogP contribution in [0.4, 0.5) is 5.95 Å². The predicted molar refractivity (Wildman–Crippen MR) is 75.4 cm³/mol. The number of imidazole rings is 1. The highest BCUT2D eigenvalue weighted by molar-refractivity contribution is 5.29. The summed E-state index contributed by atoms with van der Waals surface area (Å²) in [6.07, 6.45) is 6.56. The molecule has 0 aromatic carbocycles. The van der Waals surface area contributed by atoms with Gasteiger partial charge in [0.05, 0.1) is 12.6 Å². The maximum absolute atomic E-state index is 5.24. The number of fused-ring (bicyclic) bond motifs is 3. The van der Waals surface area contributed by atoms with Gasteiger partial charge in [0.2, 0.25) is 5.95 Å². The Morgan fingerprint density at radius 1 is 1.47 bits per heavy atom. The molecule has 2 bridgehead atoms. The molecule has 4 heterocycles. The molecular formula is C14H24N4O. The monoisotopic (exact) mass is 264 g/mol. The summed E-state index contributed by atoms with van der Waals surface area (Å²) in [6.45, 7) is 6.59. The molecule has 2 unspecified atom stereocenters. The van der Waals surface area contributed by atoms with E-state index in [0.29, 0.717) is 18.7 Å². The highest BCUT2D eigenvalue weighted by Gasteiger charge is 2.34. The van der Waals surface area contributed by atoms with Crippen LogP contribution < -0.4 is 5.32 Å². The second-order valence-corrected chi connectivity index (χ2v) is 5.85. The number of hydrogen-bond donors (Lipinski definition) is 1. The summed E-state index contributed by atoms with van der Waals surface area (Å²) in [5.41, 5.74) is 0. The van der Waals surface area contributed by atoms with Gasteiger partial charge in [-0.05, 0) is 38.8 Å². The van der Waals surface area contributed by atoms with E-state index in [-0.39, 0.29) is 0 Å². The summed E-state index contributed by atoms with van der Waals surface area (Å²) in [5.74, 6) is 1.80. The minimum absolute atomic E-state index is 0.316. The molecule has 2 atom stereocenters. The van der Waals surface area contributed by atoms with Gasteiger partial charge >= 0.3 is 0 Å². The molecule has 3 aliphatic heterocycles. The number of rotatable bonds is 5. The molecule has 5 heteroatoms. The van der Waals surface area contributed by atoms with Crippen LogP contribution in [0.2, 0.25) is 0 Å². The molecule has 3 aliphatic rings. The van der Waals surface area contributed by atoms with Gasteiger partial charge in [0.25, 0.3) is 0 Å². The number of piperidine rings is 3. The first-order chi connectivity index (χ1) is 9.28. The second-order valence-electron chi connectivity index (χ2n) is 5.85. The van der Waals surface area contributed by atoms with Crippen LogP contribution in [0.25, 0.3) is 0 Å². The van der Waals surface area contributed by atoms with Gasteiger partial charge in [-0.1, -0.05) is 0 Å². The zero-order chi connectivity index (χ0) is 13.2. The molecule has 5 nitrogen and oxygen atoms in total. The largest absolute Gasteiger partial charge is 0.383 e. The summed E-state index contributed by atoms with van der Waals surface area (Å²) in [5, 5.41) is 3.65. The van der Waals surface area contributed by atoms with Gasteiger partial charge in [-0.25, -0.2) is 4.98 Å². The summed E-state index contributed by atoms with van der Waals surface area (Å²) in [6, 6.07) is 0.870. The molecule has 1 aromatic rings. The Bertz CT molecular complexity index is 411. The molecule has 0 saturated carbocycles. The number of anilines is 1. The van der Waals surface area contributed by atoms with E-state index in [1.807, 2.05) is 12.4 Å². The van der Waals surface area contributed by atoms with Gasteiger partial charge in [-0.15, -0.1) is 0 Å². The SMILES string of the molecule is COCC(C)n1ccnc1NC1CN2CCC1CC2. The number of nitrogens with zero attached hydrogens (tertiary/aromatic N) is 3. The molecule has 1 aromatic heterocycles. The smallest absolute Gasteiger partial charge is 0.203 e. The Morgan fingerprint density at radius 2 is 2.26 bits per heavy atom. The van der Waals surface area contributed by atoms with Gasteiger partial charge < -0.3 is 19.5 Å². The molecule has 0 aliphatic carbocycles. The van der Waals surface area contributed by atoms with Crippen molar-refractivity contribution in [1.29, 1.82) is 0 Å². The molecule has 4 rings (SSSR count). The highest BCUT2D eigenvalue weighted by Crippen LogP contribution is 2.29. The van der Waals surface area contributed by atoms with E-state index in [9.17, 15) is 0 Å². The van der Waals surface area contributed by atoms with Gasteiger partial charge in [-0.2, -0.15) is 0 Å². The van der Waals surface area contributed by atoms with Crippen molar-refractivity contribution in [2.24, 2.45) is 5.92 Å². The minimum Gasteiger partial charge on any atom is -0.383 e. The summed E-state index contributed by atoms with van der Waals surface area (Å²) < 4.78 is 7.42. The molecule has 3 fully saturated rings. The molecule has 1 N–H and O–H groups in total. The number of ether oxygens (including phenoxy) is 1. The maximum atomic E-state index is 5.24. The first kappa shape index (κ1) is 12.9. The van der Waals surface area contributed by atoms with E-state index >= 15 is 0 Å². The summed E-state index contributed by atoms with van der Waals surface area (Å²) in [7, 11) is 1.74. The molecule has 19 heavy (non-hydrogen) atoms. The normalized spacial score (nSPS) is 31.4. The van der Waals surface area contributed by atoms with Crippen LogP contribution in [-0.4, -0.2) is 53.8 Å². The van der Waals surface area contributed by atoms with Crippen LogP contribution in [0.5, 0.6) is 0 Å². The molecule has 0 spiro atoms. The zero-order valence-corrected chi connectivity index (χ0v) is 11.9. The van der Waals surface area contributed by atoms with Crippen LogP contribution in [0.1, 0.15) is 25.8 Å². The number of nitrogens with one attached hydrogen (secondary N) is 1. The third-order valence-corrected chi connectivity index (χ3v) is 4.52. The Labute approximate surface area is 114 Å². The average Bonchev–Trinajstić information content (AvgIpc) is 2.89. The molecule has 106 valence electrons. The fourth-order valence-corrected chi connectivity index (χ4v) is 3.40. The topological polar surface area (TPSA) is 42.3 Å². The molecule has 3 saturated heterocycles. The van der Waals surface area contributed by atoms with Crippen LogP contribution >= 0.6 is 0 Å². The molecule has 0 radical (unpaired) electrons. The van der Waals surface area contributed by atoms with E-state index in [1.54, 1.807) is 7.11 Å². The first-order valence-corrected chi connectivity index (χ1v) is 7.28. The predicted octanol–water partition coefficient (Wildman–Crippen LogP) is 1.60. The zero-order valence-electron chi connectivity index (χ0n) is 11.9. The minimum atomic E-state index is 0.316. The maximum Gasteiger partial charge on any atom is 0.203 e. The van der Waals surface area contributed by atoms with Crippen molar-refractivity contribution in [3.63, 3.8) is 0 Å². The number of aromatic nitrogens is 2. The van der Waals surface area contributed by atoms with Crippen molar-refractivity contribution in [3.05, 3.63) is 12.4 Å². The Balaban J connectivity index is 1.68. The summed E-state index contributed by atoms with van der Waals surface area (Å²) >= 11 is 0. The number of methoxy groups -OCH3 is 1. The Morgan fingerprint density at radius 3 is 2.89 bits per heavy atom. The Hall–Kier alpha value is -1.07. The van der Waals surface area contributed by atoms with Gasteiger partial charge in [0, 0.05) is 32.1 Å². The average molecular weight is 264 g/mol. The lowest BCUT2D eigenvalue weighted by Crippen LogP contribution is -2.53. The second kappa shape index (κ2) is 5.51. The van der Waals surface area contributed by atoms with E-state index in [1.165, 1.54) is 25.9 Å². The summed E-state index contributed by atoms with van der Waals surface area (Å²) in [4.78, 5) is 7.03. The van der Waals surface area contributed by atoms with E-state index in [2.05, 4.69) is 26.7 Å². The van der Waals surface area contributed by atoms with Crippen molar-refractivity contribution in [3.8, 4) is 0 Å².